The molecule has 0 unspecified atom stereocenters. The molecule has 0 aliphatic rings. The van der Waals surface area contributed by atoms with E-state index in [9.17, 15) is 9.59 Å². The maximum Gasteiger partial charge on any atom is 0.243 e. The van der Waals surface area contributed by atoms with Crippen LogP contribution in [0.15, 0.2) is 42.5 Å². The molecule has 0 aliphatic carbocycles. The van der Waals surface area contributed by atoms with Crippen molar-refractivity contribution in [3.05, 3.63) is 48.0 Å². The van der Waals surface area contributed by atoms with Crippen molar-refractivity contribution in [2.45, 2.75) is 34.1 Å². The highest BCUT2D eigenvalue weighted by Gasteiger charge is 2.09. The molecule has 2 aromatic rings. The highest BCUT2D eigenvalue weighted by atomic mass is 16.5. The molecule has 3 N–H and O–H groups in total. The van der Waals surface area contributed by atoms with Gasteiger partial charge in [-0.3, -0.25) is 9.59 Å². The maximum atomic E-state index is 12.3. The van der Waals surface area contributed by atoms with Gasteiger partial charge in [0.25, 0.3) is 0 Å². The molecular weight excluding hydrogens is 354 g/mol. The summed E-state index contributed by atoms with van der Waals surface area (Å²) >= 11 is 0. The van der Waals surface area contributed by atoms with Crippen molar-refractivity contribution in [3.63, 3.8) is 0 Å². The second-order valence-corrected chi connectivity index (χ2v) is 7.01. The van der Waals surface area contributed by atoms with Gasteiger partial charge < -0.3 is 20.7 Å². The van der Waals surface area contributed by atoms with Crippen molar-refractivity contribution < 1.29 is 14.3 Å². The quantitative estimate of drug-likeness (QED) is 0.598. The monoisotopic (exact) mass is 383 g/mol. The van der Waals surface area contributed by atoms with Gasteiger partial charge in [0, 0.05) is 23.5 Å². The summed E-state index contributed by atoms with van der Waals surface area (Å²) in [7, 11) is 0. The minimum absolute atomic E-state index is 0.0611. The third-order valence-corrected chi connectivity index (χ3v) is 4.09. The lowest BCUT2D eigenvalue weighted by Crippen LogP contribution is -2.22. The minimum atomic E-state index is -0.165. The van der Waals surface area contributed by atoms with E-state index in [2.05, 4.69) is 29.8 Å². The Labute approximate surface area is 166 Å². The average molecular weight is 383 g/mol. The van der Waals surface area contributed by atoms with Gasteiger partial charge in [-0.15, -0.1) is 0 Å². The van der Waals surface area contributed by atoms with E-state index in [1.54, 1.807) is 13.0 Å². The molecule has 0 saturated carbocycles. The van der Waals surface area contributed by atoms with Gasteiger partial charge in [0.05, 0.1) is 13.2 Å². The van der Waals surface area contributed by atoms with Crippen LogP contribution in [0.1, 0.15) is 32.8 Å². The fourth-order valence-electron chi connectivity index (χ4n) is 2.45. The van der Waals surface area contributed by atoms with Crippen LogP contribution in [0.2, 0.25) is 0 Å². The summed E-state index contributed by atoms with van der Waals surface area (Å²) in [6, 6.07) is 13.0. The molecule has 2 amide bonds. The van der Waals surface area contributed by atoms with E-state index in [4.69, 9.17) is 4.74 Å². The second-order valence-electron chi connectivity index (χ2n) is 7.01. The zero-order valence-electron chi connectivity index (χ0n) is 17.0. The normalized spacial score (nSPS) is 10.5. The van der Waals surface area contributed by atoms with Gasteiger partial charge >= 0.3 is 0 Å². The number of nitrogens with one attached hydrogen (secondary N) is 3. The number of carbonyl (C=O) groups is 2. The van der Waals surface area contributed by atoms with E-state index in [1.165, 1.54) is 0 Å². The molecule has 0 aliphatic heterocycles. The summed E-state index contributed by atoms with van der Waals surface area (Å²) < 4.78 is 5.65. The molecule has 0 bridgehead atoms. The van der Waals surface area contributed by atoms with E-state index < -0.39 is 0 Å². The highest BCUT2D eigenvalue weighted by Crippen LogP contribution is 2.23. The molecule has 0 saturated heterocycles. The molecule has 0 spiro atoms. The van der Waals surface area contributed by atoms with Crippen LogP contribution in [0.3, 0.4) is 0 Å². The third kappa shape index (κ3) is 6.61. The fourth-order valence-corrected chi connectivity index (χ4v) is 2.45. The molecule has 28 heavy (non-hydrogen) atoms. The summed E-state index contributed by atoms with van der Waals surface area (Å²) in [5.41, 5.74) is 3.05. The van der Waals surface area contributed by atoms with E-state index >= 15 is 0 Å². The summed E-state index contributed by atoms with van der Waals surface area (Å²) in [5, 5.41) is 8.81. The third-order valence-electron chi connectivity index (χ3n) is 4.09. The molecular formula is C22H29N3O3. The number of ether oxygens (including phenoxy) is 1. The number of benzene rings is 2. The van der Waals surface area contributed by atoms with Crippen LogP contribution in [0.5, 0.6) is 5.75 Å². The zero-order chi connectivity index (χ0) is 20.5. The Morgan fingerprint density at radius 2 is 1.57 bits per heavy atom. The van der Waals surface area contributed by atoms with E-state index in [-0.39, 0.29) is 18.4 Å². The first kappa shape index (κ1) is 21.3. The molecule has 6 heteroatoms. The lowest BCUT2D eigenvalue weighted by atomic mass is 10.1. The minimum Gasteiger partial charge on any atom is -0.493 e. The van der Waals surface area contributed by atoms with Crippen LogP contribution in [0, 0.1) is 12.8 Å². The summed E-state index contributed by atoms with van der Waals surface area (Å²) in [4.78, 5) is 23.9. The van der Waals surface area contributed by atoms with Gasteiger partial charge in [-0.25, -0.2) is 0 Å². The summed E-state index contributed by atoms with van der Waals surface area (Å²) in [5.74, 6) is 1.06. The van der Waals surface area contributed by atoms with Crippen LogP contribution >= 0.6 is 0 Å². The Kier molecular flexibility index (Phi) is 7.87. The van der Waals surface area contributed by atoms with Crippen molar-refractivity contribution in [2.75, 3.05) is 29.1 Å². The van der Waals surface area contributed by atoms with Crippen molar-refractivity contribution in [1.82, 2.24) is 0 Å². The van der Waals surface area contributed by atoms with Crippen molar-refractivity contribution >= 4 is 28.9 Å². The Morgan fingerprint density at radius 1 is 0.964 bits per heavy atom. The van der Waals surface area contributed by atoms with Crippen molar-refractivity contribution in [2.24, 2.45) is 5.92 Å². The highest BCUT2D eigenvalue weighted by molar-refractivity contribution is 5.97. The van der Waals surface area contributed by atoms with Gasteiger partial charge in [-0.1, -0.05) is 26.8 Å². The summed E-state index contributed by atoms with van der Waals surface area (Å²) in [6.07, 6.45) is 0.404. The van der Waals surface area contributed by atoms with Gasteiger partial charge in [0.15, 0.2) is 0 Å². The fraction of sp³-hybridized carbons (Fsp3) is 0.364. The molecule has 0 heterocycles. The van der Waals surface area contributed by atoms with Crippen molar-refractivity contribution in [3.8, 4) is 5.75 Å². The number of rotatable bonds is 9. The second kappa shape index (κ2) is 10.3. The van der Waals surface area contributed by atoms with Crippen LogP contribution in [-0.4, -0.2) is 25.0 Å². The Bertz CT molecular complexity index is 801. The first-order chi connectivity index (χ1) is 13.4. The van der Waals surface area contributed by atoms with E-state index in [1.807, 2.05) is 43.3 Å². The largest absolute Gasteiger partial charge is 0.493 e. The predicted octanol–water partition coefficient (Wildman–Crippen LogP) is 4.43. The standard InChI is InChI=1S/C22H29N3O3/c1-5-21(26)24-19-7-6-8-20(16(19)4)25-22(27)13-23-17-9-11-18(12-10-17)28-14-15(2)3/h6-12,15,23H,5,13-14H2,1-4H3,(H,24,26)(H,25,27). The molecule has 2 rings (SSSR count). The summed E-state index contributed by atoms with van der Waals surface area (Å²) in [6.45, 7) is 8.67. The molecule has 0 fully saturated rings. The Balaban J connectivity index is 1.89. The first-order valence-corrected chi connectivity index (χ1v) is 9.55. The molecule has 150 valence electrons. The van der Waals surface area contributed by atoms with Gasteiger partial charge in [0.2, 0.25) is 11.8 Å². The number of hydrogen-bond donors (Lipinski definition) is 3. The number of anilines is 3. The molecule has 2 aromatic carbocycles. The number of amides is 2. The maximum absolute atomic E-state index is 12.3. The average Bonchev–Trinajstić information content (AvgIpc) is 2.68. The Hall–Kier alpha value is -3.02. The van der Waals surface area contributed by atoms with Crippen molar-refractivity contribution in [1.29, 1.82) is 0 Å². The number of carbonyl (C=O) groups excluding carboxylic acids is 2. The van der Waals surface area contributed by atoms with Gasteiger partial charge in [0.1, 0.15) is 5.75 Å². The first-order valence-electron chi connectivity index (χ1n) is 9.55. The lowest BCUT2D eigenvalue weighted by Gasteiger charge is -2.14. The van der Waals surface area contributed by atoms with E-state index in [0.29, 0.717) is 30.3 Å². The molecule has 0 radical (unpaired) electrons. The van der Waals surface area contributed by atoms with Crippen LogP contribution in [-0.2, 0) is 9.59 Å². The molecule has 6 nitrogen and oxygen atoms in total. The van der Waals surface area contributed by atoms with E-state index in [0.717, 1.165) is 17.0 Å². The predicted molar refractivity (Wildman–Crippen MR) is 114 cm³/mol. The van der Waals surface area contributed by atoms with Crippen LogP contribution in [0.4, 0.5) is 17.1 Å². The van der Waals surface area contributed by atoms with Gasteiger partial charge in [-0.05, 0) is 54.8 Å². The smallest absolute Gasteiger partial charge is 0.243 e. The van der Waals surface area contributed by atoms with Gasteiger partial charge in [-0.2, -0.15) is 0 Å². The SMILES string of the molecule is CCC(=O)Nc1cccc(NC(=O)CNc2ccc(OCC(C)C)cc2)c1C. The van der Waals surface area contributed by atoms with Crippen LogP contribution < -0.4 is 20.7 Å². The lowest BCUT2D eigenvalue weighted by molar-refractivity contribution is -0.116. The van der Waals surface area contributed by atoms with Crippen LogP contribution in [0.25, 0.3) is 0 Å². The zero-order valence-corrected chi connectivity index (χ0v) is 17.0. The number of hydrogen-bond acceptors (Lipinski definition) is 4. The Morgan fingerprint density at radius 3 is 2.14 bits per heavy atom. The molecule has 0 aromatic heterocycles. The topological polar surface area (TPSA) is 79.5 Å². The molecule has 0 atom stereocenters.